The Morgan fingerprint density at radius 1 is 1.40 bits per heavy atom. The summed E-state index contributed by atoms with van der Waals surface area (Å²) in [6.07, 6.45) is 3.85. The van der Waals surface area contributed by atoms with E-state index in [2.05, 4.69) is 24.4 Å². The standard InChI is InChI=1S/C13H18ClN/c1-2-9-15-13(10-7-8-10)11-5-3-4-6-12(11)14/h3-6,10,13,15H,2,7-9H2,1H3. The lowest BCUT2D eigenvalue weighted by atomic mass is 10.0. The third kappa shape index (κ3) is 2.73. The van der Waals surface area contributed by atoms with E-state index in [0.29, 0.717) is 6.04 Å². The van der Waals surface area contributed by atoms with Crippen molar-refractivity contribution >= 4 is 11.6 Å². The van der Waals surface area contributed by atoms with Gasteiger partial charge in [-0.2, -0.15) is 0 Å². The minimum atomic E-state index is 0.471. The number of benzene rings is 1. The van der Waals surface area contributed by atoms with E-state index in [4.69, 9.17) is 11.6 Å². The van der Waals surface area contributed by atoms with E-state index >= 15 is 0 Å². The van der Waals surface area contributed by atoms with Gasteiger partial charge in [0.05, 0.1) is 0 Å². The van der Waals surface area contributed by atoms with Gasteiger partial charge in [0.2, 0.25) is 0 Å². The molecule has 0 aromatic heterocycles. The normalized spacial score (nSPS) is 17.7. The highest BCUT2D eigenvalue weighted by molar-refractivity contribution is 6.31. The van der Waals surface area contributed by atoms with Crippen molar-refractivity contribution in [3.8, 4) is 0 Å². The Balaban J connectivity index is 2.13. The summed E-state index contributed by atoms with van der Waals surface area (Å²) >= 11 is 6.23. The van der Waals surface area contributed by atoms with Crippen molar-refractivity contribution in [1.82, 2.24) is 5.32 Å². The first-order valence-electron chi connectivity index (χ1n) is 5.80. The fourth-order valence-corrected chi connectivity index (χ4v) is 2.24. The van der Waals surface area contributed by atoms with Gasteiger partial charge in [0, 0.05) is 11.1 Å². The minimum Gasteiger partial charge on any atom is -0.310 e. The summed E-state index contributed by atoms with van der Waals surface area (Å²) in [5, 5.41) is 4.50. The van der Waals surface area contributed by atoms with Gasteiger partial charge in [-0.1, -0.05) is 36.7 Å². The van der Waals surface area contributed by atoms with E-state index in [1.165, 1.54) is 24.8 Å². The molecule has 0 heterocycles. The van der Waals surface area contributed by atoms with Crippen LogP contribution in [-0.2, 0) is 0 Å². The van der Waals surface area contributed by atoms with Crippen molar-refractivity contribution in [1.29, 1.82) is 0 Å². The van der Waals surface area contributed by atoms with Crippen LogP contribution < -0.4 is 5.32 Å². The van der Waals surface area contributed by atoms with Crippen molar-refractivity contribution in [3.05, 3.63) is 34.9 Å². The highest BCUT2D eigenvalue weighted by Gasteiger charge is 2.32. The van der Waals surface area contributed by atoms with Gasteiger partial charge in [-0.05, 0) is 43.4 Å². The molecule has 15 heavy (non-hydrogen) atoms. The fourth-order valence-electron chi connectivity index (χ4n) is 1.99. The molecular weight excluding hydrogens is 206 g/mol. The minimum absolute atomic E-state index is 0.471. The topological polar surface area (TPSA) is 12.0 Å². The predicted molar refractivity (Wildman–Crippen MR) is 65.2 cm³/mol. The first-order chi connectivity index (χ1) is 7.33. The second kappa shape index (κ2) is 5.00. The molecule has 1 atom stereocenters. The Kier molecular flexibility index (Phi) is 3.66. The molecule has 1 aliphatic carbocycles. The molecule has 82 valence electrons. The summed E-state index contributed by atoms with van der Waals surface area (Å²) in [4.78, 5) is 0. The van der Waals surface area contributed by atoms with E-state index < -0.39 is 0 Å². The predicted octanol–water partition coefficient (Wildman–Crippen LogP) is 3.79. The lowest BCUT2D eigenvalue weighted by molar-refractivity contribution is 0.481. The average Bonchev–Trinajstić information content (AvgIpc) is 3.05. The summed E-state index contributed by atoms with van der Waals surface area (Å²) in [6, 6.07) is 8.67. The molecule has 0 aliphatic heterocycles. The Hall–Kier alpha value is -0.530. The monoisotopic (exact) mass is 223 g/mol. The summed E-state index contributed by atoms with van der Waals surface area (Å²) in [5.41, 5.74) is 1.27. The van der Waals surface area contributed by atoms with Crippen LogP contribution in [0.25, 0.3) is 0 Å². The van der Waals surface area contributed by atoms with E-state index in [-0.39, 0.29) is 0 Å². The highest BCUT2D eigenvalue weighted by atomic mass is 35.5. The van der Waals surface area contributed by atoms with E-state index in [1.807, 2.05) is 12.1 Å². The van der Waals surface area contributed by atoms with Gasteiger partial charge in [0.25, 0.3) is 0 Å². The van der Waals surface area contributed by atoms with Gasteiger partial charge in [-0.3, -0.25) is 0 Å². The van der Waals surface area contributed by atoms with Gasteiger partial charge < -0.3 is 5.32 Å². The molecule has 1 N–H and O–H groups in total. The largest absolute Gasteiger partial charge is 0.310 e. The van der Waals surface area contributed by atoms with Gasteiger partial charge in [0.1, 0.15) is 0 Å². The molecule has 2 heteroatoms. The van der Waals surface area contributed by atoms with Crippen molar-refractivity contribution in [2.24, 2.45) is 5.92 Å². The molecule has 0 amide bonds. The maximum absolute atomic E-state index is 6.23. The van der Waals surface area contributed by atoms with Crippen LogP contribution in [-0.4, -0.2) is 6.54 Å². The number of hydrogen-bond acceptors (Lipinski definition) is 1. The van der Waals surface area contributed by atoms with Gasteiger partial charge in [-0.15, -0.1) is 0 Å². The van der Waals surface area contributed by atoms with E-state index in [0.717, 1.165) is 17.5 Å². The Morgan fingerprint density at radius 2 is 2.13 bits per heavy atom. The Labute approximate surface area is 96.8 Å². The van der Waals surface area contributed by atoms with Crippen molar-refractivity contribution < 1.29 is 0 Å². The number of halogens is 1. The molecule has 1 nitrogen and oxygen atoms in total. The smallest absolute Gasteiger partial charge is 0.0453 e. The zero-order valence-corrected chi connectivity index (χ0v) is 9.93. The zero-order chi connectivity index (χ0) is 10.7. The summed E-state index contributed by atoms with van der Waals surface area (Å²) in [7, 11) is 0. The maximum Gasteiger partial charge on any atom is 0.0453 e. The van der Waals surface area contributed by atoms with Crippen LogP contribution in [0.15, 0.2) is 24.3 Å². The summed E-state index contributed by atoms with van der Waals surface area (Å²) in [5.74, 6) is 0.802. The van der Waals surface area contributed by atoms with Gasteiger partial charge in [-0.25, -0.2) is 0 Å². The van der Waals surface area contributed by atoms with Crippen LogP contribution in [0.5, 0.6) is 0 Å². The zero-order valence-electron chi connectivity index (χ0n) is 9.17. The van der Waals surface area contributed by atoms with E-state index in [9.17, 15) is 0 Å². The highest BCUT2D eigenvalue weighted by Crippen LogP contribution is 2.42. The van der Waals surface area contributed by atoms with Gasteiger partial charge >= 0.3 is 0 Å². The molecule has 1 aromatic carbocycles. The SMILES string of the molecule is CCCNC(c1ccccc1Cl)C1CC1. The Morgan fingerprint density at radius 3 is 2.73 bits per heavy atom. The molecule has 1 aliphatic rings. The second-order valence-electron chi connectivity index (χ2n) is 4.29. The lowest BCUT2D eigenvalue weighted by Crippen LogP contribution is -2.24. The summed E-state index contributed by atoms with van der Waals surface area (Å²) < 4.78 is 0. The van der Waals surface area contributed by atoms with Crippen molar-refractivity contribution in [2.75, 3.05) is 6.54 Å². The molecule has 0 spiro atoms. The molecule has 1 fully saturated rings. The van der Waals surface area contributed by atoms with Crippen LogP contribution in [0.2, 0.25) is 5.02 Å². The fraction of sp³-hybridized carbons (Fsp3) is 0.538. The van der Waals surface area contributed by atoms with Crippen molar-refractivity contribution in [3.63, 3.8) is 0 Å². The third-order valence-corrected chi connectivity index (χ3v) is 3.29. The van der Waals surface area contributed by atoms with Crippen LogP contribution in [0.3, 0.4) is 0 Å². The number of nitrogens with one attached hydrogen (secondary N) is 1. The first-order valence-corrected chi connectivity index (χ1v) is 6.18. The Bertz CT molecular complexity index is 320. The van der Waals surface area contributed by atoms with Gasteiger partial charge in [0.15, 0.2) is 0 Å². The quantitative estimate of drug-likeness (QED) is 0.801. The van der Waals surface area contributed by atoms with Crippen LogP contribution in [0.1, 0.15) is 37.8 Å². The van der Waals surface area contributed by atoms with Crippen LogP contribution >= 0.6 is 11.6 Å². The number of rotatable bonds is 5. The molecule has 1 unspecified atom stereocenters. The molecule has 0 bridgehead atoms. The van der Waals surface area contributed by atoms with Crippen LogP contribution in [0.4, 0.5) is 0 Å². The number of hydrogen-bond donors (Lipinski definition) is 1. The molecule has 2 rings (SSSR count). The van der Waals surface area contributed by atoms with Crippen molar-refractivity contribution in [2.45, 2.75) is 32.2 Å². The first kappa shape index (κ1) is 11.0. The molecule has 0 radical (unpaired) electrons. The lowest BCUT2D eigenvalue weighted by Gasteiger charge is -2.19. The molecule has 1 saturated carbocycles. The molecule has 1 aromatic rings. The summed E-state index contributed by atoms with van der Waals surface area (Å²) in [6.45, 7) is 3.27. The molecular formula is C13H18ClN. The average molecular weight is 224 g/mol. The second-order valence-corrected chi connectivity index (χ2v) is 4.70. The molecule has 0 saturated heterocycles. The van der Waals surface area contributed by atoms with Crippen LogP contribution in [0, 0.1) is 5.92 Å². The van der Waals surface area contributed by atoms with E-state index in [1.54, 1.807) is 0 Å². The maximum atomic E-state index is 6.23. The third-order valence-electron chi connectivity index (χ3n) is 2.95.